The van der Waals surface area contributed by atoms with Crippen LogP contribution in [0, 0.1) is 0 Å². The van der Waals surface area contributed by atoms with E-state index in [-0.39, 0.29) is 11.9 Å². The van der Waals surface area contributed by atoms with Crippen LogP contribution in [-0.4, -0.2) is 24.4 Å². The summed E-state index contributed by atoms with van der Waals surface area (Å²) >= 11 is 1.16. The van der Waals surface area contributed by atoms with E-state index in [1.807, 2.05) is 36.5 Å². The molecule has 0 bridgehead atoms. The van der Waals surface area contributed by atoms with Gasteiger partial charge in [0.25, 0.3) is 5.91 Å². The van der Waals surface area contributed by atoms with E-state index < -0.39 is 0 Å². The second-order valence-corrected chi connectivity index (χ2v) is 7.60. The topological polar surface area (TPSA) is 72.7 Å². The Hall–Kier alpha value is -3.06. The monoisotopic (exact) mass is 389 g/mol. The zero-order valence-electron chi connectivity index (χ0n) is 15.2. The largest absolute Gasteiger partial charge is 0.345 e. The molecular formula is C21H19N5OS. The minimum Gasteiger partial charge on any atom is -0.345 e. The fraction of sp³-hybridized carbons (Fsp3) is 0.238. The van der Waals surface area contributed by atoms with Crippen molar-refractivity contribution in [3.63, 3.8) is 0 Å². The van der Waals surface area contributed by atoms with Gasteiger partial charge in [0.15, 0.2) is 0 Å². The summed E-state index contributed by atoms with van der Waals surface area (Å²) in [5, 5.41) is 7.79. The Morgan fingerprint density at radius 3 is 2.89 bits per heavy atom. The molecular weight excluding hydrogens is 370 g/mol. The number of hydrogen-bond donors (Lipinski definition) is 1. The smallest absolute Gasteiger partial charge is 0.251 e. The van der Waals surface area contributed by atoms with Crippen molar-refractivity contribution in [2.45, 2.75) is 31.8 Å². The van der Waals surface area contributed by atoms with Crippen LogP contribution in [0.4, 0.5) is 0 Å². The predicted octanol–water partition coefficient (Wildman–Crippen LogP) is 3.74. The van der Waals surface area contributed by atoms with Gasteiger partial charge in [0.1, 0.15) is 11.0 Å². The lowest BCUT2D eigenvalue weighted by atomic mass is 9.92. The van der Waals surface area contributed by atoms with E-state index in [9.17, 15) is 4.79 Å². The molecule has 6 nitrogen and oxygen atoms in total. The normalized spacial score (nSPS) is 16.1. The molecule has 28 heavy (non-hydrogen) atoms. The van der Waals surface area contributed by atoms with E-state index in [0.29, 0.717) is 5.56 Å². The molecule has 140 valence electrons. The first-order chi connectivity index (χ1) is 13.8. The van der Waals surface area contributed by atoms with Gasteiger partial charge < -0.3 is 5.32 Å². The summed E-state index contributed by atoms with van der Waals surface area (Å²) in [6.45, 7) is 0.754. The number of nitrogens with zero attached hydrogens (tertiary/aromatic N) is 4. The maximum Gasteiger partial charge on any atom is 0.251 e. The van der Waals surface area contributed by atoms with Crippen molar-refractivity contribution in [2.24, 2.45) is 0 Å². The molecule has 2 heterocycles. The van der Waals surface area contributed by atoms with Crippen molar-refractivity contribution >= 4 is 28.7 Å². The number of carbonyl (C=O) groups is 1. The van der Waals surface area contributed by atoms with Crippen LogP contribution in [0.2, 0.25) is 0 Å². The van der Waals surface area contributed by atoms with Crippen LogP contribution in [0.1, 0.15) is 46.1 Å². The van der Waals surface area contributed by atoms with Gasteiger partial charge in [-0.15, -0.1) is 0 Å². The van der Waals surface area contributed by atoms with Crippen molar-refractivity contribution < 1.29 is 4.79 Å². The molecule has 1 aliphatic rings. The maximum atomic E-state index is 12.8. The van der Waals surface area contributed by atoms with Crippen molar-refractivity contribution in [3.8, 4) is 0 Å². The van der Waals surface area contributed by atoms with Crippen LogP contribution < -0.4 is 5.32 Å². The molecule has 1 atom stereocenters. The molecule has 0 radical (unpaired) electrons. The first-order valence-corrected chi connectivity index (χ1v) is 10.1. The van der Waals surface area contributed by atoms with Crippen LogP contribution >= 0.6 is 11.7 Å². The van der Waals surface area contributed by atoms with E-state index in [1.54, 1.807) is 6.07 Å². The van der Waals surface area contributed by atoms with Crippen molar-refractivity contribution in [1.82, 2.24) is 23.8 Å². The average molecular weight is 389 g/mol. The van der Waals surface area contributed by atoms with Crippen molar-refractivity contribution in [1.29, 1.82) is 0 Å². The van der Waals surface area contributed by atoms with Crippen LogP contribution in [0.15, 0.2) is 54.7 Å². The molecule has 0 fully saturated rings. The number of nitrogens with one attached hydrogen (secondary N) is 1. The number of hydrogen-bond acceptors (Lipinski definition) is 5. The second-order valence-electron chi connectivity index (χ2n) is 7.08. The highest BCUT2D eigenvalue weighted by Crippen LogP contribution is 2.30. The summed E-state index contributed by atoms with van der Waals surface area (Å²) in [4.78, 5) is 12.8. The molecule has 5 rings (SSSR count). The summed E-state index contributed by atoms with van der Waals surface area (Å²) in [7, 11) is 0. The highest BCUT2D eigenvalue weighted by Gasteiger charge is 2.26. The second kappa shape index (κ2) is 7.16. The molecule has 4 aromatic rings. The highest BCUT2D eigenvalue weighted by atomic mass is 32.1. The Labute approximate surface area is 166 Å². The van der Waals surface area contributed by atoms with Gasteiger partial charge in [-0.25, -0.2) is 0 Å². The summed E-state index contributed by atoms with van der Waals surface area (Å²) in [5.74, 6) is -0.0800. The van der Waals surface area contributed by atoms with Crippen LogP contribution in [0.5, 0.6) is 0 Å². The summed E-state index contributed by atoms with van der Waals surface area (Å²) in [6, 6.07) is 15.8. The van der Waals surface area contributed by atoms with Gasteiger partial charge in [0.2, 0.25) is 0 Å². The number of amides is 1. The van der Waals surface area contributed by atoms with Gasteiger partial charge in [0, 0.05) is 16.8 Å². The molecule has 2 aromatic heterocycles. The van der Waals surface area contributed by atoms with Gasteiger partial charge in [-0.3, -0.25) is 9.48 Å². The maximum absolute atomic E-state index is 12.8. The van der Waals surface area contributed by atoms with Crippen molar-refractivity contribution in [2.75, 3.05) is 0 Å². The lowest BCUT2D eigenvalue weighted by Gasteiger charge is -2.24. The summed E-state index contributed by atoms with van der Waals surface area (Å²) < 4.78 is 10.5. The lowest BCUT2D eigenvalue weighted by Crippen LogP contribution is -2.31. The molecule has 7 heteroatoms. The Morgan fingerprint density at radius 2 is 2.00 bits per heavy atom. The quantitative estimate of drug-likeness (QED) is 0.577. The number of aromatic nitrogens is 4. The Kier molecular flexibility index (Phi) is 4.37. The fourth-order valence-corrected chi connectivity index (χ4v) is 4.34. The molecule has 0 saturated carbocycles. The molecule has 1 amide bonds. The van der Waals surface area contributed by atoms with Crippen molar-refractivity contribution in [3.05, 3.63) is 77.1 Å². The van der Waals surface area contributed by atoms with E-state index in [4.69, 9.17) is 0 Å². The van der Waals surface area contributed by atoms with Crippen LogP contribution in [-0.2, 0) is 13.0 Å². The molecule has 0 spiro atoms. The van der Waals surface area contributed by atoms with Gasteiger partial charge in [-0.1, -0.05) is 30.3 Å². The SMILES string of the molecule is O=C(N[C@@H]1CCCc2c1cnn2Cc1ccccc1)c1ccc2nsnc2c1. The minimum atomic E-state index is -0.0800. The molecule has 1 N–H and O–H groups in total. The fourth-order valence-electron chi connectivity index (χ4n) is 3.83. The van der Waals surface area contributed by atoms with Gasteiger partial charge in [-0.05, 0) is 43.0 Å². The first kappa shape index (κ1) is 17.1. The molecule has 0 aliphatic heterocycles. The molecule has 1 aliphatic carbocycles. The van der Waals surface area contributed by atoms with E-state index in [0.717, 1.165) is 54.1 Å². The zero-order valence-corrected chi connectivity index (χ0v) is 16.0. The first-order valence-electron chi connectivity index (χ1n) is 9.39. The van der Waals surface area contributed by atoms with Gasteiger partial charge >= 0.3 is 0 Å². The van der Waals surface area contributed by atoms with Crippen LogP contribution in [0.25, 0.3) is 11.0 Å². The van der Waals surface area contributed by atoms with Crippen LogP contribution in [0.3, 0.4) is 0 Å². The third-order valence-electron chi connectivity index (χ3n) is 5.26. The zero-order chi connectivity index (χ0) is 18.9. The van der Waals surface area contributed by atoms with E-state index >= 15 is 0 Å². The predicted molar refractivity (Wildman–Crippen MR) is 108 cm³/mol. The number of benzene rings is 2. The third-order valence-corrected chi connectivity index (χ3v) is 5.82. The summed E-state index contributed by atoms with van der Waals surface area (Å²) in [5.41, 5.74) is 5.78. The standard InChI is InChI=1S/C21H19N5OS/c27-21(15-9-10-18-19(11-15)25-28-24-18)23-17-7-4-8-20-16(17)12-22-26(20)13-14-5-2-1-3-6-14/h1-3,5-6,9-12,17H,4,7-8,13H2,(H,23,27)/t17-/m1/s1. The Morgan fingerprint density at radius 1 is 1.14 bits per heavy atom. The van der Waals surface area contributed by atoms with Gasteiger partial charge in [0.05, 0.1) is 30.5 Å². The summed E-state index contributed by atoms with van der Waals surface area (Å²) in [6.07, 6.45) is 4.87. The Bertz CT molecular complexity index is 1130. The number of carbonyl (C=O) groups excluding carboxylic acids is 1. The number of fused-ring (bicyclic) bond motifs is 2. The molecule has 2 aromatic carbocycles. The highest BCUT2D eigenvalue weighted by molar-refractivity contribution is 7.00. The van der Waals surface area contributed by atoms with Gasteiger partial charge in [-0.2, -0.15) is 13.8 Å². The van der Waals surface area contributed by atoms with E-state index in [1.165, 1.54) is 11.3 Å². The molecule has 0 saturated heterocycles. The van der Waals surface area contributed by atoms with E-state index in [2.05, 4.69) is 36.0 Å². The third kappa shape index (κ3) is 3.18. The average Bonchev–Trinajstić information content (AvgIpc) is 3.36. The lowest BCUT2D eigenvalue weighted by molar-refractivity contribution is 0.0932. The Balaban J connectivity index is 1.37. The molecule has 0 unspecified atom stereocenters. The minimum absolute atomic E-state index is 0.00923. The number of rotatable bonds is 4.